The third kappa shape index (κ3) is 5.06. The number of nitrogens with two attached hydrogens (primary N) is 1. The Morgan fingerprint density at radius 1 is 1.14 bits per heavy atom. The van der Waals surface area contributed by atoms with Gasteiger partial charge in [-0.15, -0.1) is 0 Å². The number of rotatable bonds is 5. The molecule has 21 heavy (non-hydrogen) atoms. The first-order valence-corrected chi connectivity index (χ1v) is 7.19. The van der Waals surface area contributed by atoms with Gasteiger partial charge in [0.05, 0.1) is 23.5 Å². The van der Waals surface area contributed by atoms with E-state index in [9.17, 15) is 30.4 Å². The molecule has 1 aromatic rings. The Balaban J connectivity index is 3.12. The van der Waals surface area contributed by atoms with Gasteiger partial charge in [0.2, 0.25) is 10.0 Å². The fourth-order valence-corrected chi connectivity index (χ4v) is 2.67. The summed E-state index contributed by atoms with van der Waals surface area (Å²) in [5.74, 6) is -3.52. The minimum atomic E-state index is -4.82. The predicted molar refractivity (Wildman–Crippen MR) is 65.6 cm³/mol. The summed E-state index contributed by atoms with van der Waals surface area (Å²) in [4.78, 5) is -0.866. The van der Waals surface area contributed by atoms with Crippen molar-refractivity contribution < 1.29 is 30.4 Å². The van der Waals surface area contributed by atoms with E-state index in [0.717, 1.165) is 6.07 Å². The highest BCUT2D eigenvalue weighted by Crippen LogP contribution is 2.33. The Kier molecular flexibility index (Phi) is 5.19. The SMILES string of the molecule is NCC(F)(F)CNS(=O)(=O)c1cc(Cl)cc(C(F)(F)F)c1. The minimum Gasteiger partial charge on any atom is -0.325 e. The number of sulfonamides is 1. The lowest BCUT2D eigenvalue weighted by Crippen LogP contribution is -2.41. The lowest BCUT2D eigenvalue weighted by Gasteiger charge is -2.15. The van der Waals surface area contributed by atoms with Gasteiger partial charge in [0.25, 0.3) is 5.92 Å². The molecule has 0 bridgehead atoms. The second-order valence-corrected chi connectivity index (χ2v) is 6.26. The number of hydrogen-bond donors (Lipinski definition) is 2. The maximum absolute atomic E-state index is 12.9. The number of halogens is 6. The molecule has 1 rings (SSSR count). The molecule has 0 saturated carbocycles. The fraction of sp³-hybridized carbons (Fsp3) is 0.400. The van der Waals surface area contributed by atoms with Gasteiger partial charge in [-0.05, 0) is 18.2 Å². The van der Waals surface area contributed by atoms with Crippen LogP contribution in [0, 0.1) is 0 Å². The summed E-state index contributed by atoms with van der Waals surface area (Å²) < 4.78 is 88.4. The number of benzene rings is 1. The molecule has 0 fully saturated rings. The Bertz CT molecular complexity index is 618. The zero-order chi connectivity index (χ0) is 16.5. The van der Waals surface area contributed by atoms with Crippen LogP contribution in [0.1, 0.15) is 5.56 Å². The molecule has 0 aliphatic carbocycles. The van der Waals surface area contributed by atoms with E-state index < -0.39 is 50.7 Å². The largest absolute Gasteiger partial charge is 0.416 e. The van der Waals surface area contributed by atoms with E-state index in [4.69, 9.17) is 17.3 Å². The second-order valence-electron chi connectivity index (χ2n) is 4.06. The number of alkyl halides is 5. The molecule has 4 nitrogen and oxygen atoms in total. The smallest absolute Gasteiger partial charge is 0.325 e. The van der Waals surface area contributed by atoms with E-state index in [-0.39, 0.29) is 0 Å². The third-order valence-corrected chi connectivity index (χ3v) is 3.93. The van der Waals surface area contributed by atoms with Crippen LogP contribution >= 0.6 is 11.6 Å². The molecular weight excluding hydrogens is 343 g/mol. The van der Waals surface area contributed by atoms with Gasteiger partial charge in [-0.3, -0.25) is 0 Å². The standard InChI is InChI=1S/C10H10ClF5N2O2S/c11-7-1-6(10(14,15)16)2-8(3-7)21(19,20)18-5-9(12,13)4-17/h1-3,18H,4-5,17H2. The van der Waals surface area contributed by atoms with Gasteiger partial charge >= 0.3 is 6.18 Å². The van der Waals surface area contributed by atoms with Crippen molar-refractivity contribution in [2.45, 2.75) is 17.0 Å². The van der Waals surface area contributed by atoms with Gasteiger partial charge in [-0.2, -0.15) is 13.2 Å². The molecule has 0 heterocycles. The molecule has 11 heteroatoms. The van der Waals surface area contributed by atoms with Crippen LogP contribution in [0.4, 0.5) is 22.0 Å². The van der Waals surface area contributed by atoms with E-state index in [1.165, 1.54) is 4.72 Å². The molecule has 0 aromatic heterocycles. The predicted octanol–water partition coefficient (Wildman–Crippen LogP) is 2.23. The first-order chi connectivity index (χ1) is 9.37. The quantitative estimate of drug-likeness (QED) is 0.798. The van der Waals surface area contributed by atoms with Crippen LogP contribution in [0.5, 0.6) is 0 Å². The molecule has 0 amide bonds. The molecule has 0 unspecified atom stereocenters. The van der Waals surface area contributed by atoms with Crippen LogP contribution in [0.3, 0.4) is 0 Å². The molecular formula is C10H10ClF5N2O2S. The van der Waals surface area contributed by atoms with Gasteiger partial charge in [0.15, 0.2) is 0 Å². The molecule has 3 N–H and O–H groups in total. The lowest BCUT2D eigenvalue weighted by atomic mass is 10.2. The summed E-state index contributed by atoms with van der Waals surface area (Å²) in [6.07, 6.45) is -4.82. The van der Waals surface area contributed by atoms with Gasteiger partial charge in [-0.25, -0.2) is 21.9 Å². The third-order valence-electron chi connectivity index (χ3n) is 2.33. The average Bonchev–Trinajstić information content (AvgIpc) is 2.35. The van der Waals surface area contributed by atoms with Crippen LogP contribution in [0.25, 0.3) is 0 Å². The molecule has 1 aromatic carbocycles. The first-order valence-electron chi connectivity index (χ1n) is 5.33. The number of hydrogen-bond acceptors (Lipinski definition) is 3. The number of nitrogens with one attached hydrogen (secondary N) is 1. The van der Waals surface area contributed by atoms with Crippen LogP contribution in [-0.2, 0) is 16.2 Å². The van der Waals surface area contributed by atoms with Gasteiger partial charge < -0.3 is 5.73 Å². The van der Waals surface area contributed by atoms with Gasteiger partial charge in [-0.1, -0.05) is 11.6 Å². The summed E-state index contributed by atoms with van der Waals surface area (Å²) in [5.41, 5.74) is 3.42. The zero-order valence-corrected chi connectivity index (χ0v) is 11.8. The Morgan fingerprint density at radius 3 is 2.19 bits per heavy atom. The maximum Gasteiger partial charge on any atom is 0.416 e. The highest BCUT2D eigenvalue weighted by atomic mass is 35.5. The summed E-state index contributed by atoms with van der Waals surface area (Å²) in [6, 6.07) is 1.55. The van der Waals surface area contributed by atoms with Crippen molar-refractivity contribution in [3.8, 4) is 0 Å². The van der Waals surface area contributed by atoms with Crippen molar-refractivity contribution in [1.29, 1.82) is 0 Å². The summed E-state index contributed by atoms with van der Waals surface area (Å²) in [7, 11) is -4.58. The van der Waals surface area contributed by atoms with Crippen LogP contribution < -0.4 is 10.5 Å². The molecule has 0 aliphatic heterocycles. The Hall–Kier alpha value is -0.970. The van der Waals surface area contributed by atoms with Crippen LogP contribution in [-0.4, -0.2) is 27.4 Å². The molecule has 0 spiro atoms. The van der Waals surface area contributed by atoms with Gasteiger partial charge in [0.1, 0.15) is 0 Å². The molecule has 120 valence electrons. The summed E-state index contributed by atoms with van der Waals surface area (Å²) in [6.45, 7) is -2.45. The van der Waals surface area contributed by atoms with E-state index >= 15 is 0 Å². The van der Waals surface area contributed by atoms with Crippen molar-refractivity contribution in [3.05, 3.63) is 28.8 Å². The Labute approximate surface area is 122 Å². The maximum atomic E-state index is 12.9. The van der Waals surface area contributed by atoms with Crippen molar-refractivity contribution in [2.24, 2.45) is 5.73 Å². The first kappa shape index (κ1) is 18.1. The van der Waals surface area contributed by atoms with Crippen molar-refractivity contribution in [1.82, 2.24) is 4.72 Å². The fourth-order valence-electron chi connectivity index (χ4n) is 1.24. The van der Waals surface area contributed by atoms with E-state index in [1.807, 2.05) is 0 Å². The minimum absolute atomic E-state index is 0.300. The molecule has 0 aliphatic rings. The normalized spacial score (nSPS) is 13.5. The highest BCUT2D eigenvalue weighted by Gasteiger charge is 2.33. The van der Waals surface area contributed by atoms with Crippen molar-refractivity contribution in [3.63, 3.8) is 0 Å². The van der Waals surface area contributed by atoms with E-state index in [1.54, 1.807) is 0 Å². The highest BCUT2D eigenvalue weighted by molar-refractivity contribution is 7.89. The van der Waals surface area contributed by atoms with E-state index in [0.29, 0.717) is 12.1 Å². The Morgan fingerprint density at radius 2 is 1.71 bits per heavy atom. The summed E-state index contributed by atoms with van der Waals surface area (Å²) in [5, 5.41) is -0.490. The van der Waals surface area contributed by atoms with Crippen LogP contribution in [0.15, 0.2) is 23.1 Å². The zero-order valence-electron chi connectivity index (χ0n) is 10.2. The average molecular weight is 353 g/mol. The van der Waals surface area contributed by atoms with Crippen LogP contribution in [0.2, 0.25) is 5.02 Å². The van der Waals surface area contributed by atoms with E-state index in [2.05, 4.69) is 0 Å². The molecule has 0 saturated heterocycles. The summed E-state index contributed by atoms with van der Waals surface area (Å²) >= 11 is 5.42. The lowest BCUT2D eigenvalue weighted by molar-refractivity contribution is -0.137. The second kappa shape index (κ2) is 6.03. The van der Waals surface area contributed by atoms with Crippen molar-refractivity contribution >= 4 is 21.6 Å². The topological polar surface area (TPSA) is 72.2 Å². The molecule has 0 radical (unpaired) electrons. The van der Waals surface area contributed by atoms with Gasteiger partial charge in [0, 0.05) is 5.02 Å². The monoisotopic (exact) mass is 352 g/mol. The van der Waals surface area contributed by atoms with Crippen molar-refractivity contribution in [2.75, 3.05) is 13.1 Å². The molecule has 0 atom stereocenters.